The van der Waals surface area contributed by atoms with Crippen molar-refractivity contribution < 1.29 is 0 Å². The molecule has 3 atom stereocenters. The Bertz CT molecular complexity index is 177. The number of nitrogens with zero attached hydrogens (tertiary/aromatic N) is 1. The normalized spacial score (nSPS) is 36.9. The smallest absolute Gasteiger partial charge is 0.188 e. The number of hydrogen-bond acceptors (Lipinski definition) is 1. The molecule has 0 radical (unpaired) electrons. The van der Waals surface area contributed by atoms with E-state index in [4.69, 9.17) is 5.73 Å². The second-order valence-electron chi connectivity index (χ2n) is 3.77. The van der Waals surface area contributed by atoms with Crippen molar-refractivity contribution in [2.75, 3.05) is 7.05 Å². The number of hydrogen-bond donors (Lipinski definition) is 2. The summed E-state index contributed by atoms with van der Waals surface area (Å²) in [4.78, 5) is 3.89. The minimum Gasteiger partial charge on any atom is -0.370 e. The summed E-state index contributed by atoms with van der Waals surface area (Å²) in [5, 5.41) is 3.24. The Kier molecular flexibility index (Phi) is 2.95. The molecule has 12 heavy (non-hydrogen) atoms. The van der Waals surface area contributed by atoms with Crippen molar-refractivity contribution in [2.45, 2.75) is 32.7 Å². The second-order valence-corrected chi connectivity index (χ2v) is 3.77. The van der Waals surface area contributed by atoms with Crippen LogP contribution in [0.3, 0.4) is 0 Å². The van der Waals surface area contributed by atoms with Crippen LogP contribution in [0.25, 0.3) is 0 Å². The van der Waals surface area contributed by atoms with Gasteiger partial charge >= 0.3 is 0 Å². The molecule has 1 aliphatic rings. The lowest BCUT2D eigenvalue weighted by molar-refractivity contribution is 0.402. The van der Waals surface area contributed by atoms with Gasteiger partial charge in [0.25, 0.3) is 0 Å². The first-order chi connectivity index (χ1) is 5.65. The summed E-state index contributed by atoms with van der Waals surface area (Å²) >= 11 is 0. The number of aliphatic imine (C=N–C) groups is 1. The fourth-order valence-corrected chi connectivity index (χ4v) is 1.82. The molecular weight excluding hydrogens is 150 g/mol. The van der Waals surface area contributed by atoms with Gasteiger partial charge in [0.1, 0.15) is 0 Å². The first-order valence-corrected chi connectivity index (χ1v) is 4.64. The largest absolute Gasteiger partial charge is 0.370 e. The van der Waals surface area contributed by atoms with E-state index in [0.29, 0.717) is 17.9 Å². The summed E-state index contributed by atoms with van der Waals surface area (Å²) in [6, 6.07) is 0.531. The van der Waals surface area contributed by atoms with Crippen LogP contribution < -0.4 is 11.1 Å². The highest BCUT2D eigenvalue weighted by Crippen LogP contribution is 2.30. The molecule has 0 heterocycles. The van der Waals surface area contributed by atoms with E-state index in [1.165, 1.54) is 12.8 Å². The monoisotopic (exact) mass is 169 g/mol. The molecule has 0 aromatic carbocycles. The zero-order valence-electron chi connectivity index (χ0n) is 8.17. The zero-order valence-corrected chi connectivity index (χ0v) is 8.17. The van der Waals surface area contributed by atoms with Crippen LogP contribution in [0.15, 0.2) is 4.99 Å². The van der Waals surface area contributed by atoms with Crippen LogP contribution in [0.2, 0.25) is 0 Å². The van der Waals surface area contributed by atoms with Crippen LogP contribution in [0.5, 0.6) is 0 Å². The molecule has 0 bridgehead atoms. The standard InChI is InChI=1S/C9H19N3/c1-6-4-5-8(7(6)2)12-9(10)11-3/h6-8H,4-5H2,1-3H3,(H3,10,11,12). The Morgan fingerprint density at radius 3 is 2.50 bits per heavy atom. The van der Waals surface area contributed by atoms with Gasteiger partial charge < -0.3 is 11.1 Å². The molecule has 3 unspecified atom stereocenters. The van der Waals surface area contributed by atoms with E-state index in [1.807, 2.05) is 0 Å². The molecule has 0 aromatic rings. The van der Waals surface area contributed by atoms with Crippen molar-refractivity contribution in [3.05, 3.63) is 0 Å². The Labute approximate surface area is 74.4 Å². The van der Waals surface area contributed by atoms with E-state index in [1.54, 1.807) is 7.05 Å². The van der Waals surface area contributed by atoms with E-state index in [9.17, 15) is 0 Å². The van der Waals surface area contributed by atoms with Gasteiger partial charge in [-0.3, -0.25) is 4.99 Å². The van der Waals surface area contributed by atoms with Crippen LogP contribution in [0.4, 0.5) is 0 Å². The van der Waals surface area contributed by atoms with Crippen molar-refractivity contribution in [1.29, 1.82) is 0 Å². The Morgan fingerprint density at radius 1 is 1.42 bits per heavy atom. The van der Waals surface area contributed by atoms with Crippen LogP contribution >= 0.6 is 0 Å². The van der Waals surface area contributed by atoms with Gasteiger partial charge in [-0.1, -0.05) is 13.8 Å². The third-order valence-corrected chi connectivity index (χ3v) is 3.04. The molecule has 1 saturated carbocycles. The highest BCUT2D eigenvalue weighted by Gasteiger charge is 2.29. The predicted molar refractivity (Wildman–Crippen MR) is 52.0 cm³/mol. The number of rotatable bonds is 1. The first kappa shape index (κ1) is 9.36. The lowest BCUT2D eigenvalue weighted by Gasteiger charge is -2.19. The fraction of sp³-hybridized carbons (Fsp3) is 0.889. The maximum absolute atomic E-state index is 5.60. The van der Waals surface area contributed by atoms with E-state index in [-0.39, 0.29) is 0 Å². The van der Waals surface area contributed by atoms with Crippen molar-refractivity contribution in [3.8, 4) is 0 Å². The minimum atomic E-state index is 0.531. The topological polar surface area (TPSA) is 50.4 Å². The van der Waals surface area contributed by atoms with Gasteiger partial charge in [-0.25, -0.2) is 0 Å². The average Bonchev–Trinajstić information content (AvgIpc) is 2.36. The van der Waals surface area contributed by atoms with E-state index < -0.39 is 0 Å². The minimum absolute atomic E-state index is 0.531. The highest BCUT2D eigenvalue weighted by molar-refractivity contribution is 5.78. The molecule has 1 rings (SSSR count). The molecule has 0 aromatic heterocycles. The lowest BCUT2D eigenvalue weighted by atomic mass is 9.98. The van der Waals surface area contributed by atoms with Crippen molar-refractivity contribution in [1.82, 2.24) is 5.32 Å². The fourth-order valence-electron chi connectivity index (χ4n) is 1.82. The highest BCUT2D eigenvalue weighted by atomic mass is 15.1. The zero-order chi connectivity index (χ0) is 9.14. The lowest BCUT2D eigenvalue weighted by Crippen LogP contribution is -2.41. The average molecular weight is 169 g/mol. The van der Waals surface area contributed by atoms with Crippen LogP contribution in [0.1, 0.15) is 26.7 Å². The quantitative estimate of drug-likeness (QED) is 0.453. The summed E-state index contributed by atoms with van der Waals surface area (Å²) in [6.45, 7) is 4.57. The maximum Gasteiger partial charge on any atom is 0.188 e. The van der Waals surface area contributed by atoms with Crippen molar-refractivity contribution >= 4 is 5.96 Å². The van der Waals surface area contributed by atoms with Crippen LogP contribution in [-0.4, -0.2) is 19.0 Å². The molecule has 3 heteroatoms. The third-order valence-electron chi connectivity index (χ3n) is 3.04. The van der Waals surface area contributed by atoms with Gasteiger partial charge in [0.05, 0.1) is 0 Å². The van der Waals surface area contributed by atoms with Gasteiger partial charge in [0, 0.05) is 13.1 Å². The van der Waals surface area contributed by atoms with Gasteiger partial charge in [0.15, 0.2) is 5.96 Å². The summed E-state index contributed by atoms with van der Waals surface area (Å²) in [5.41, 5.74) is 5.60. The van der Waals surface area contributed by atoms with Crippen LogP contribution in [0, 0.1) is 11.8 Å². The molecule has 0 aliphatic heterocycles. The van der Waals surface area contributed by atoms with Crippen molar-refractivity contribution in [2.24, 2.45) is 22.6 Å². The predicted octanol–water partition coefficient (Wildman–Crippen LogP) is 0.955. The number of guanidine groups is 1. The number of nitrogens with one attached hydrogen (secondary N) is 1. The van der Waals surface area contributed by atoms with E-state index >= 15 is 0 Å². The molecule has 70 valence electrons. The van der Waals surface area contributed by atoms with Crippen LogP contribution in [-0.2, 0) is 0 Å². The Morgan fingerprint density at radius 2 is 2.08 bits per heavy atom. The van der Waals surface area contributed by atoms with Gasteiger partial charge in [-0.05, 0) is 24.7 Å². The summed E-state index contributed by atoms with van der Waals surface area (Å²) in [7, 11) is 1.71. The second kappa shape index (κ2) is 3.78. The molecule has 3 nitrogen and oxygen atoms in total. The summed E-state index contributed by atoms with van der Waals surface area (Å²) in [5.74, 6) is 2.10. The van der Waals surface area contributed by atoms with Gasteiger partial charge in [-0.2, -0.15) is 0 Å². The molecular formula is C9H19N3. The molecule has 1 fully saturated rings. The Balaban J connectivity index is 2.44. The number of nitrogens with two attached hydrogens (primary N) is 1. The Hall–Kier alpha value is -0.730. The van der Waals surface area contributed by atoms with E-state index in [2.05, 4.69) is 24.2 Å². The van der Waals surface area contributed by atoms with E-state index in [0.717, 1.165) is 5.92 Å². The third kappa shape index (κ3) is 1.90. The summed E-state index contributed by atoms with van der Waals surface area (Å²) < 4.78 is 0. The molecule has 0 spiro atoms. The molecule has 0 amide bonds. The SMILES string of the molecule is CN=C(N)NC1CCC(C)C1C. The van der Waals surface area contributed by atoms with Gasteiger partial charge in [0.2, 0.25) is 0 Å². The summed E-state index contributed by atoms with van der Waals surface area (Å²) in [6.07, 6.45) is 2.52. The molecule has 3 N–H and O–H groups in total. The molecule has 1 aliphatic carbocycles. The van der Waals surface area contributed by atoms with Gasteiger partial charge in [-0.15, -0.1) is 0 Å². The van der Waals surface area contributed by atoms with Crippen molar-refractivity contribution in [3.63, 3.8) is 0 Å². The molecule has 0 saturated heterocycles. The first-order valence-electron chi connectivity index (χ1n) is 4.64. The maximum atomic E-state index is 5.60.